The molecule has 1 aliphatic heterocycles. The molecule has 0 spiro atoms. The Balaban J connectivity index is 2.08. The summed E-state index contributed by atoms with van der Waals surface area (Å²) in [5.41, 5.74) is 1.78. The molecule has 1 atom stereocenters. The van der Waals surface area contributed by atoms with E-state index in [2.05, 4.69) is 5.32 Å². The van der Waals surface area contributed by atoms with Gasteiger partial charge in [0.1, 0.15) is 0 Å². The zero-order valence-electron chi connectivity index (χ0n) is 17.8. The Kier molecular flexibility index (Phi) is 7.40. The second-order valence-corrected chi connectivity index (χ2v) is 8.21. The number of Topliss-reactive ketones (excluding diaryl/α,β-unsaturated/α-hetero) is 1. The van der Waals surface area contributed by atoms with Gasteiger partial charge >= 0.3 is 12.0 Å². The molecule has 1 unspecified atom stereocenters. The highest BCUT2D eigenvalue weighted by Gasteiger charge is 2.41. The van der Waals surface area contributed by atoms with Crippen molar-refractivity contribution in [3.63, 3.8) is 0 Å². The van der Waals surface area contributed by atoms with E-state index in [1.807, 2.05) is 0 Å². The lowest BCUT2D eigenvalue weighted by Gasteiger charge is -2.34. The summed E-state index contributed by atoms with van der Waals surface area (Å²) in [6.07, 6.45) is 1.09. The van der Waals surface area contributed by atoms with Crippen LogP contribution in [-0.4, -0.2) is 53.3 Å². The molecule has 3 rings (SSSR count). The molecule has 0 saturated carbocycles. The number of urea groups is 1. The van der Waals surface area contributed by atoms with Crippen LogP contribution in [0.5, 0.6) is 0 Å². The average molecular weight is 490 g/mol. The summed E-state index contributed by atoms with van der Waals surface area (Å²) in [6, 6.07) is 9.49. The van der Waals surface area contributed by atoms with E-state index < -0.39 is 29.7 Å². The molecule has 0 radical (unpaired) electrons. The van der Waals surface area contributed by atoms with Gasteiger partial charge in [0.05, 0.1) is 16.5 Å². The second-order valence-electron chi connectivity index (χ2n) is 7.43. The van der Waals surface area contributed by atoms with Crippen LogP contribution in [0.25, 0.3) is 11.1 Å². The van der Waals surface area contributed by atoms with E-state index in [1.165, 1.54) is 18.1 Å². The second kappa shape index (κ2) is 10.1. The fourth-order valence-corrected chi connectivity index (χ4v) is 3.87. The van der Waals surface area contributed by atoms with E-state index in [1.54, 1.807) is 49.4 Å². The van der Waals surface area contributed by atoms with Crippen molar-refractivity contribution < 1.29 is 24.3 Å². The first-order valence-electron chi connectivity index (χ1n) is 9.94. The zero-order chi connectivity index (χ0) is 24.3. The smallest absolute Gasteiger partial charge is 0.323 e. The zero-order valence-corrected chi connectivity index (χ0v) is 19.4. The van der Waals surface area contributed by atoms with Crippen molar-refractivity contribution >= 4 is 52.6 Å². The van der Waals surface area contributed by atoms with Gasteiger partial charge in [-0.15, -0.1) is 0 Å². The molecule has 1 heterocycles. The third-order valence-corrected chi connectivity index (χ3v) is 5.90. The highest BCUT2D eigenvalue weighted by Crippen LogP contribution is 2.35. The van der Waals surface area contributed by atoms with Gasteiger partial charge in [0, 0.05) is 36.6 Å². The lowest BCUT2D eigenvalue weighted by Crippen LogP contribution is -2.58. The van der Waals surface area contributed by atoms with Gasteiger partial charge in [0.15, 0.2) is 11.8 Å². The molecule has 2 aromatic carbocycles. The number of carbonyl (C=O) groups is 4. The predicted molar refractivity (Wildman–Crippen MR) is 125 cm³/mol. The number of ketones is 1. The molecule has 1 aliphatic rings. The fraction of sp³-hybridized carbons (Fsp3) is 0.217. The molecule has 0 fully saturated rings. The number of hydrogen-bond donors (Lipinski definition) is 2. The highest BCUT2D eigenvalue weighted by atomic mass is 35.5. The number of carbonyl (C=O) groups excluding carboxylic acids is 3. The van der Waals surface area contributed by atoms with Gasteiger partial charge in [0.25, 0.3) is 5.91 Å². The number of aliphatic carboxylic acids is 1. The lowest BCUT2D eigenvalue weighted by atomic mass is 9.98. The molecule has 0 aliphatic carbocycles. The number of amides is 3. The molecular weight excluding hydrogens is 469 g/mol. The minimum Gasteiger partial charge on any atom is -0.481 e. The minimum atomic E-state index is -1.45. The van der Waals surface area contributed by atoms with Crippen LogP contribution in [0.15, 0.2) is 54.2 Å². The Labute approximate surface area is 200 Å². The molecule has 10 heteroatoms. The number of rotatable bonds is 6. The third kappa shape index (κ3) is 5.18. The Morgan fingerprint density at radius 3 is 2.55 bits per heavy atom. The van der Waals surface area contributed by atoms with Crippen molar-refractivity contribution in [2.24, 2.45) is 0 Å². The number of halogens is 2. The van der Waals surface area contributed by atoms with Gasteiger partial charge in [-0.3, -0.25) is 19.3 Å². The van der Waals surface area contributed by atoms with Crippen LogP contribution < -0.4 is 10.2 Å². The van der Waals surface area contributed by atoms with Gasteiger partial charge in [-0.2, -0.15) is 0 Å². The molecule has 172 valence electrons. The molecular formula is C23H21Cl2N3O5. The van der Waals surface area contributed by atoms with Crippen molar-refractivity contribution in [1.82, 2.24) is 10.2 Å². The van der Waals surface area contributed by atoms with Crippen molar-refractivity contribution in [2.75, 3.05) is 18.5 Å². The summed E-state index contributed by atoms with van der Waals surface area (Å²) in [5.74, 6) is -2.22. The quantitative estimate of drug-likeness (QED) is 0.597. The van der Waals surface area contributed by atoms with Crippen LogP contribution in [0, 0.1) is 0 Å². The van der Waals surface area contributed by atoms with Gasteiger partial charge in [0.2, 0.25) is 0 Å². The molecule has 8 nitrogen and oxygen atoms in total. The number of benzene rings is 2. The number of carboxylic acids is 1. The molecule has 2 N–H and O–H groups in total. The fourth-order valence-electron chi connectivity index (χ4n) is 3.46. The monoisotopic (exact) mass is 489 g/mol. The summed E-state index contributed by atoms with van der Waals surface area (Å²) in [5, 5.41) is 12.0. The van der Waals surface area contributed by atoms with E-state index in [0.717, 1.165) is 4.90 Å². The maximum Gasteiger partial charge on any atom is 0.323 e. The minimum absolute atomic E-state index is 0.176. The first-order valence-corrected chi connectivity index (χ1v) is 10.7. The number of nitrogens with one attached hydrogen (secondary N) is 1. The summed E-state index contributed by atoms with van der Waals surface area (Å²) in [6.45, 7) is 1.38. The van der Waals surface area contributed by atoms with Crippen LogP contribution in [0.2, 0.25) is 10.0 Å². The standard InChI is InChI=1S/C23H21Cl2N3O5/c1-13-12-27(2)22(32)20(21(13)31)28(23(33)26-10-9-18(29)30)15-6-3-5-14(11-15)16-7-4-8-17(24)19(16)25/h3-8,11-12,20H,9-10H2,1-2H3,(H,26,33)(H,29,30). The number of anilines is 1. The SMILES string of the molecule is CC1=CN(C)C(=O)C(N(C(=O)NCCC(=O)O)c2cccc(-c3cccc(Cl)c3Cl)c2)C1=O. The van der Waals surface area contributed by atoms with E-state index in [9.17, 15) is 19.2 Å². The van der Waals surface area contributed by atoms with Crippen LogP contribution in [0.3, 0.4) is 0 Å². The molecule has 0 aromatic heterocycles. The van der Waals surface area contributed by atoms with Gasteiger partial charge in [-0.25, -0.2) is 4.79 Å². The van der Waals surface area contributed by atoms with E-state index in [0.29, 0.717) is 26.7 Å². The van der Waals surface area contributed by atoms with Crippen LogP contribution >= 0.6 is 23.2 Å². The molecule has 33 heavy (non-hydrogen) atoms. The molecule has 0 bridgehead atoms. The third-order valence-electron chi connectivity index (χ3n) is 5.08. The predicted octanol–water partition coefficient (Wildman–Crippen LogP) is 3.96. The van der Waals surface area contributed by atoms with Gasteiger partial charge < -0.3 is 15.3 Å². The Hall–Kier alpha value is -3.36. The first kappa shape index (κ1) is 24.3. The van der Waals surface area contributed by atoms with Crippen LogP contribution in [0.1, 0.15) is 13.3 Å². The highest BCUT2D eigenvalue weighted by molar-refractivity contribution is 6.43. The lowest BCUT2D eigenvalue weighted by molar-refractivity contribution is -0.137. The topological polar surface area (TPSA) is 107 Å². The Morgan fingerprint density at radius 2 is 1.85 bits per heavy atom. The Bertz CT molecular complexity index is 1160. The molecule has 3 amide bonds. The number of nitrogens with zero attached hydrogens (tertiary/aromatic N) is 2. The normalized spacial score (nSPS) is 15.8. The van der Waals surface area contributed by atoms with E-state index >= 15 is 0 Å². The summed E-state index contributed by atoms with van der Waals surface area (Å²) < 4.78 is 0. The van der Waals surface area contributed by atoms with Crippen LogP contribution in [0.4, 0.5) is 10.5 Å². The van der Waals surface area contributed by atoms with Crippen molar-refractivity contribution in [2.45, 2.75) is 19.4 Å². The van der Waals surface area contributed by atoms with Crippen molar-refractivity contribution in [3.05, 3.63) is 64.3 Å². The largest absolute Gasteiger partial charge is 0.481 e. The number of hydrogen-bond acceptors (Lipinski definition) is 4. The van der Waals surface area contributed by atoms with Crippen molar-refractivity contribution in [3.8, 4) is 11.1 Å². The summed E-state index contributed by atoms with van der Waals surface area (Å²) in [7, 11) is 1.49. The Morgan fingerprint density at radius 1 is 1.15 bits per heavy atom. The van der Waals surface area contributed by atoms with Gasteiger partial charge in [-0.1, -0.05) is 47.5 Å². The van der Waals surface area contributed by atoms with Gasteiger partial charge in [-0.05, 0) is 30.7 Å². The number of carboxylic acid groups (broad SMARTS) is 1. The average Bonchev–Trinajstić information content (AvgIpc) is 2.77. The maximum atomic E-state index is 13.1. The summed E-state index contributed by atoms with van der Waals surface area (Å²) >= 11 is 12.5. The molecule has 0 saturated heterocycles. The first-order chi connectivity index (χ1) is 15.6. The van der Waals surface area contributed by atoms with Crippen molar-refractivity contribution in [1.29, 1.82) is 0 Å². The number of likely N-dealkylation sites (N-methyl/N-ethyl adjacent to an activating group) is 1. The van der Waals surface area contributed by atoms with E-state index in [-0.39, 0.29) is 18.7 Å². The summed E-state index contributed by atoms with van der Waals surface area (Å²) in [4.78, 5) is 52.2. The maximum absolute atomic E-state index is 13.1. The van der Waals surface area contributed by atoms with Crippen LogP contribution in [-0.2, 0) is 14.4 Å². The van der Waals surface area contributed by atoms with E-state index in [4.69, 9.17) is 28.3 Å². The molecule has 2 aromatic rings.